The van der Waals surface area contributed by atoms with Crippen molar-refractivity contribution in [2.75, 3.05) is 11.5 Å². The molecule has 1 aliphatic rings. The van der Waals surface area contributed by atoms with Gasteiger partial charge in [-0.05, 0) is 25.0 Å². The molecule has 1 N–H and O–H groups in total. The molecule has 15 heavy (non-hydrogen) atoms. The highest BCUT2D eigenvalue weighted by atomic mass is 16.3. The molecule has 0 spiro atoms. The van der Waals surface area contributed by atoms with Crippen molar-refractivity contribution in [1.29, 1.82) is 0 Å². The molecule has 0 radical (unpaired) electrons. The largest absolute Gasteiger partial charge is 0.394 e. The first-order chi connectivity index (χ1) is 7.33. The molecule has 3 nitrogen and oxygen atoms in total. The summed E-state index contributed by atoms with van der Waals surface area (Å²) >= 11 is 0. The van der Waals surface area contributed by atoms with Crippen LogP contribution >= 0.6 is 0 Å². The van der Waals surface area contributed by atoms with E-state index in [1.807, 2.05) is 30.3 Å². The second-order valence-corrected chi connectivity index (χ2v) is 3.83. The van der Waals surface area contributed by atoms with Gasteiger partial charge in [0.2, 0.25) is 5.91 Å². The number of hydrogen-bond acceptors (Lipinski definition) is 2. The Labute approximate surface area is 89.3 Å². The number of carbonyl (C=O) groups is 1. The Morgan fingerprint density at radius 2 is 2.07 bits per heavy atom. The van der Waals surface area contributed by atoms with Crippen LogP contribution in [0.15, 0.2) is 30.3 Å². The molecule has 0 aromatic heterocycles. The Bertz CT molecular complexity index is 337. The fraction of sp³-hybridized carbons (Fsp3) is 0.417. The zero-order valence-electron chi connectivity index (χ0n) is 8.60. The SMILES string of the molecule is O=C1CCCC(CO)N1c1ccccc1. The van der Waals surface area contributed by atoms with E-state index in [4.69, 9.17) is 0 Å². The van der Waals surface area contributed by atoms with Crippen LogP contribution in [-0.4, -0.2) is 23.7 Å². The summed E-state index contributed by atoms with van der Waals surface area (Å²) in [7, 11) is 0. The molecule has 2 rings (SSSR count). The number of aliphatic hydroxyl groups is 1. The number of piperidine rings is 1. The predicted octanol–water partition coefficient (Wildman–Crippen LogP) is 1.56. The minimum atomic E-state index is -0.0475. The maximum atomic E-state index is 11.8. The maximum absolute atomic E-state index is 11.8. The van der Waals surface area contributed by atoms with Gasteiger partial charge in [0, 0.05) is 12.1 Å². The van der Waals surface area contributed by atoms with Crippen LogP contribution in [0.4, 0.5) is 5.69 Å². The lowest BCUT2D eigenvalue weighted by Crippen LogP contribution is -2.45. The normalized spacial score (nSPS) is 21.8. The van der Waals surface area contributed by atoms with E-state index in [1.54, 1.807) is 4.90 Å². The third-order valence-electron chi connectivity index (χ3n) is 2.81. The number of hydrogen-bond donors (Lipinski definition) is 1. The third kappa shape index (κ3) is 2.02. The molecule has 80 valence electrons. The highest BCUT2D eigenvalue weighted by Gasteiger charge is 2.28. The maximum Gasteiger partial charge on any atom is 0.227 e. The van der Waals surface area contributed by atoms with E-state index in [2.05, 4.69) is 0 Å². The van der Waals surface area contributed by atoms with Gasteiger partial charge in [-0.25, -0.2) is 0 Å². The lowest BCUT2D eigenvalue weighted by Gasteiger charge is -2.34. The summed E-state index contributed by atoms with van der Waals surface area (Å²) < 4.78 is 0. The molecule has 1 atom stereocenters. The zero-order valence-corrected chi connectivity index (χ0v) is 8.60. The molecule has 1 aromatic rings. The van der Waals surface area contributed by atoms with Crippen LogP contribution in [0, 0.1) is 0 Å². The number of rotatable bonds is 2. The summed E-state index contributed by atoms with van der Waals surface area (Å²) in [5.74, 6) is 0.117. The Hall–Kier alpha value is -1.35. The summed E-state index contributed by atoms with van der Waals surface area (Å²) in [5, 5.41) is 9.25. The van der Waals surface area contributed by atoms with Crippen LogP contribution in [0.5, 0.6) is 0 Å². The smallest absolute Gasteiger partial charge is 0.227 e. The average molecular weight is 205 g/mol. The van der Waals surface area contributed by atoms with Gasteiger partial charge in [0.15, 0.2) is 0 Å². The van der Waals surface area contributed by atoms with Crippen molar-refractivity contribution in [3.05, 3.63) is 30.3 Å². The van der Waals surface area contributed by atoms with Crippen LogP contribution in [0.25, 0.3) is 0 Å². The summed E-state index contributed by atoms with van der Waals surface area (Å²) in [4.78, 5) is 13.5. The van der Waals surface area contributed by atoms with Crippen LogP contribution < -0.4 is 4.90 Å². The first kappa shape index (κ1) is 10.2. The molecule has 0 saturated carbocycles. The molecule has 3 heteroatoms. The molecule has 1 unspecified atom stereocenters. The number of nitrogens with zero attached hydrogens (tertiary/aromatic N) is 1. The monoisotopic (exact) mass is 205 g/mol. The van der Waals surface area contributed by atoms with Crippen LogP contribution in [-0.2, 0) is 4.79 Å². The number of benzene rings is 1. The number of carbonyl (C=O) groups excluding carboxylic acids is 1. The topological polar surface area (TPSA) is 40.5 Å². The number of para-hydroxylation sites is 1. The van der Waals surface area contributed by atoms with Crippen molar-refractivity contribution >= 4 is 11.6 Å². The fourth-order valence-corrected chi connectivity index (χ4v) is 2.06. The second kappa shape index (κ2) is 4.45. The van der Waals surface area contributed by atoms with Gasteiger partial charge in [-0.15, -0.1) is 0 Å². The van der Waals surface area contributed by atoms with E-state index in [0.717, 1.165) is 18.5 Å². The fourth-order valence-electron chi connectivity index (χ4n) is 2.06. The number of aliphatic hydroxyl groups excluding tert-OH is 1. The van der Waals surface area contributed by atoms with Crippen molar-refractivity contribution in [3.63, 3.8) is 0 Å². The number of amides is 1. The Morgan fingerprint density at radius 1 is 1.33 bits per heavy atom. The van der Waals surface area contributed by atoms with Crippen LogP contribution in [0.3, 0.4) is 0 Å². The van der Waals surface area contributed by atoms with Crippen molar-refractivity contribution < 1.29 is 9.90 Å². The molecule has 1 fully saturated rings. The Morgan fingerprint density at radius 3 is 2.73 bits per heavy atom. The molecule has 1 amide bonds. The molecular weight excluding hydrogens is 190 g/mol. The highest BCUT2D eigenvalue weighted by Crippen LogP contribution is 2.24. The van der Waals surface area contributed by atoms with E-state index in [0.29, 0.717) is 6.42 Å². The van der Waals surface area contributed by atoms with Gasteiger partial charge in [0.1, 0.15) is 0 Å². The Kier molecular flexibility index (Phi) is 3.02. The minimum Gasteiger partial charge on any atom is -0.394 e. The van der Waals surface area contributed by atoms with Gasteiger partial charge in [0.25, 0.3) is 0 Å². The molecule has 1 aromatic carbocycles. The first-order valence-corrected chi connectivity index (χ1v) is 5.31. The number of anilines is 1. The van der Waals surface area contributed by atoms with Crippen molar-refractivity contribution in [2.45, 2.75) is 25.3 Å². The zero-order chi connectivity index (χ0) is 10.7. The summed E-state index contributed by atoms with van der Waals surface area (Å²) in [6, 6.07) is 9.51. The molecule has 1 saturated heterocycles. The standard InChI is InChI=1S/C12H15NO2/c14-9-11-7-4-8-12(15)13(11)10-5-2-1-3-6-10/h1-3,5-6,11,14H,4,7-9H2. The van der Waals surface area contributed by atoms with Gasteiger partial charge >= 0.3 is 0 Å². The van der Waals surface area contributed by atoms with Crippen molar-refractivity contribution in [3.8, 4) is 0 Å². The molecule has 1 heterocycles. The minimum absolute atomic E-state index is 0.0423. The van der Waals surface area contributed by atoms with Gasteiger partial charge in [-0.2, -0.15) is 0 Å². The van der Waals surface area contributed by atoms with Gasteiger partial charge in [0.05, 0.1) is 12.6 Å². The molecular formula is C12H15NO2. The van der Waals surface area contributed by atoms with E-state index in [1.165, 1.54) is 0 Å². The van der Waals surface area contributed by atoms with Gasteiger partial charge in [-0.1, -0.05) is 18.2 Å². The quantitative estimate of drug-likeness (QED) is 0.796. The van der Waals surface area contributed by atoms with Gasteiger partial charge in [-0.3, -0.25) is 4.79 Å². The lowest BCUT2D eigenvalue weighted by molar-refractivity contribution is -0.120. The first-order valence-electron chi connectivity index (χ1n) is 5.31. The summed E-state index contributed by atoms with van der Waals surface area (Å²) in [5.41, 5.74) is 0.890. The molecule has 0 bridgehead atoms. The van der Waals surface area contributed by atoms with E-state index < -0.39 is 0 Å². The highest BCUT2D eigenvalue weighted by molar-refractivity contribution is 5.94. The van der Waals surface area contributed by atoms with Crippen molar-refractivity contribution in [1.82, 2.24) is 0 Å². The van der Waals surface area contributed by atoms with E-state index in [-0.39, 0.29) is 18.6 Å². The lowest BCUT2D eigenvalue weighted by atomic mass is 10.0. The van der Waals surface area contributed by atoms with Crippen LogP contribution in [0.2, 0.25) is 0 Å². The third-order valence-corrected chi connectivity index (χ3v) is 2.81. The van der Waals surface area contributed by atoms with E-state index in [9.17, 15) is 9.90 Å². The average Bonchev–Trinajstić information content (AvgIpc) is 2.29. The molecule has 0 aliphatic carbocycles. The van der Waals surface area contributed by atoms with Gasteiger partial charge < -0.3 is 10.0 Å². The van der Waals surface area contributed by atoms with Crippen LogP contribution in [0.1, 0.15) is 19.3 Å². The summed E-state index contributed by atoms with van der Waals surface area (Å²) in [6.45, 7) is 0.0423. The predicted molar refractivity (Wildman–Crippen MR) is 58.7 cm³/mol. The van der Waals surface area contributed by atoms with Crippen molar-refractivity contribution in [2.24, 2.45) is 0 Å². The molecule has 1 aliphatic heterocycles. The summed E-state index contributed by atoms with van der Waals surface area (Å²) in [6.07, 6.45) is 2.36. The second-order valence-electron chi connectivity index (χ2n) is 3.83. The Balaban J connectivity index is 2.27. The van der Waals surface area contributed by atoms with E-state index >= 15 is 0 Å².